The molecule has 2 aromatic heterocycles. The molecule has 7 nitrogen and oxygen atoms in total. The summed E-state index contributed by atoms with van der Waals surface area (Å²) in [6.07, 6.45) is 10.7. The van der Waals surface area contributed by atoms with E-state index < -0.39 is 0 Å². The van der Waals surface area contributed by atoms with Crippen LogP contribution in [0, 0.1) is 0 Å². The van der Waals surface area contributed by atoms with Gasteiger partial charge in [-0.05, 0) is 67.4 Å². The number of nitrogens with zero attached hydrogens (tertiary/aromatic N) is 3. The van der Waals surface area contributed by atoms with Gasteiger partial charge in [-0.1, -0.05) is 12.5 Å². The van der Waals surface area contributed by atoms with E-state index >= 15 is 0 Å². The molecule has 4 heterocycles. The summed E-state index contributed by atoms with van der Waals surface area (Å²) in [4.78, 5) is 20.0. The minimum absolute atomic E-state index is 0.137. The number of hydrogen-bond acceptors (Lipinski definition) is 6. The van der Waals surface area contributed by atoms with Crippen LogP contribution in [0.2, 0.25) is 0 Å². The van der Waals surface area contributed by atoms with Gasteiger partial charge in [0.2, 0.25) is 5.78 Å². The summed E-state index contributed by atoms with van der Waals surface area (Å²) in [5, 5.41) is 11.8. The molecule has 1 saturated heterocycles. The number of allylic oxidation sites excluding steroid dienone is 1. The molecule has 0 aliphatic carbocycles. The largest absolute Gasteiger partial charge is 0.507 e. The monoisotopic (exact) mass is 495 g/mol. The number of aryl methyl sites for hydroxylation is 1. The number of phenols is 1. The molecule has 0 unspecified atom stereocenters. The van der Waals surface area contributed by atoms with E-state index in [2.05, 4.69) is 16.0 Å². The molecule has 2 aromatic carbocycles. The number of piperidine rings is 1. The van der Waals surface area contributed by atoms with Crippen molar-refractivity contribution in [2.45, 2.75) is 31.8 Å². The number of rotatable bonds is 5. The molecule has 1 atom stereocenters. The van der Waals surface area contributed by atoms with Crippen molar-refractivity contribution in [2.24, 2.45) is 7.05 Å². The molecular weight excluding hydrogens is 466 g/mol. The highest BCUT2D eigenvalue weighted by atomic mass is 16.5. The van der Waals surface area contributed by atoms with Gasteiger partial charge in [0.15, 0.2) is 5.76 Å². The van der Waals surface area contributed by atoms with Gasteiger partial charge in [0.25, 0.3) is 0 Å². The Morgan fingerprint density at radius 1 is 1.22 bits per heavy atom. The van der Waals surface area contributed by atoms with E-state index in [1.807, 2.05) is 48.3 Å². The van der Waals surface area contributed by atoms with E-state index in [0.717, 1.165) is 48.0 Å². The average molecular weight is 496 g/mol. The fourth-order valence-corrected chi connectivity index (χ4v) is 5.57. The minimum atomic E-state index is -0.182. The normalized spacial score (nSPS) is 18.8. The van der Waals surface area contributed by atoms with Crippen molar-refractivity contribution < 1.29 is 19.4 Å². The third-order valence-electron chi connectivity index (χ3n) is 7.47. The lowest BCUT2D eigenvalue weighted by atomic mass is 9.95. The number of likely N-dealkylation sites (tertiary alicyclic amines) is 1. The number of carbonyl (C=O) groups excluding carboxylic acids is 1. The number of hydrogen-bond donors (Lipinski definition) is 1. The lowest BCUT2D eigenvalue weighted by Gasteiger charge is -2.36. The van der Waals surface area contributed by atoms with Crippen LogP contribution in [-0.4, -0.2) is 39.0 Å². The Hall–Kier alpha value is -4.10. The highest BCUT2D eigenvalue weighted by Gasteiger charge is 2.33. The number of phenolic OH excluding ortho intramolecular Hbond substituents is 1. The van der Waals surface area contributed by atoms with Gasteiger partial charge in [-0.25, -0.2) is 0 Å². The van der Waals surface area contributed by atoms with Gasteiger partial charge in [-0.15, -0.1) is 0 Å². The zero-order valence-electron chi connectivity index (χ0n) is 21.0. The van der Waals surface area contributed by atoms with Crippen LogP contribution in [0.25, 0.3) is 17.0 Å². The van der Waals surface area contributed by atoms with E-state index in [-0.39, 0.29) is 23.3 Å². The van der Waals surface area contributed by atoms with E-state index in [4.69, 9.17) is 9.47 Å². The fourth-order valence-electron chi connectivity index (χ4n) is 5.57. The molecule has 0 radical (unpaired) electrons. The summed E-state index contributed by atoms with van der Waals surface area (Å²) in [6, 6.07) is 13.4. The molecule has 1 N–H and O–H groups in total. The second-order valence-electron chi connectivity index (χ2n) is 9.73. The van der Waals surface area contributed by atoms with Crippen LogP contribution in [0.4, 0.5) is 0 Å². The van der Waals surface area contributed by atoms with Crippen molar-refractivity contribution in [1.29, 1.82) is 0 Å². The van der Waals surface area contributed by atoms with Gasteiger partial charge in [-0.3, -0.25) is 14.7 Å². The van der Waals surface area contributed by atoms with Crippen LogP contribution in [-0.2, 0) is 13.6 Å². The summed E-state index contributed by atoms with van der Waals surface area (Å²) >= 11 is 0. The molecule has 188 valence electrons. The number of ether oxygens (including phenoxy) is 2. The maximum atomic E-state index is 13.4. The maximum Gasteiger partial charge on any atom is 0.231 e. The smallest absolute Gasteiger partial charge is 0.231 e. The van der Waals surface area contributed by atoms with Gasteiger partial charge in [0.1, 0.15) is 17.2 Å². The van der Waals surface area contributed by atoms with E-state index in [1.165, 1.54) is 5.56 Å². The summed E-state index contributed by atoms with van der Waals surface area (Å²) in [5.74, 6) is 1.40. The van der Waals surface area contributed by atoms with Gasteiger partial charge in [0.05, 0.1) is 18.2 Å². The van der Waals surface area contributed by atoms with Crippen LogP contribution in [0.1, 0.15) is 52.4 Å². The Morgan fingerprint density at radius 2 is 2.11 bits per heavy atom. The van der Waals surface area contributed by atoms with Crippen LogP contribution in [0.15, 0.2) is 66.8 Å². The fraction of sp³-hybridized carbons (Fsp3) is 0.267. The van der Waals surface area contributed by atoms with Gasteiger partial charge in [0, 0.05) is 54.7 Å². The van der Waals surface area contributed by atoms with E-state index in [0.29, 0.717) is 23.4 Å². The molecular formula is C30H29N3O4. The quantitative estimate of drug-likeness (QED) is 0.362. The summed E-state index contributed by atoms with van der Waals surface area (Å²) in [5.41, 5.74) is 4.18. The molecule has 0 spiro atoms. The number of benzene rings is 2. The lowest BCUT2D eigenvalue weighted by molar-refractivity contribution is 0.101. The number of fused-ring (bicyclic) bond motifs is 2. The molecule has 0 amide bonds. The summed E-state index contributed by atoms with van der Waals surface area (Å²) < 4.78 is 13.6. The Balaban J connectivity index is 1.35. The number of carbonyl (C=O) groups is 1. The second kappa shape index (κ2) is 9.41. The lowest BCUT2D eigenvalue weighted by Crippen LogP contribution is -2.33. The summed E-state index contributed by atoms with van der Waals surface area (Å²) in [6.45, 7) is 1.39. The highest BCUT2D eigenvalue weighted by Crippen LogP contribution is 2.42. The third kappa shape index (κ3) is 4.15. The molecule has 2 aliphatic rings. The number of methoxy groups -OCH3 is 1. The standard InChI is InChI=1S/C30H29N3O4/c1-32-17-20(23-15-21(36-2)8-10-26(23)32)14-28-29(35)22-9-11-27(34)24(30(22)37-28)18-33-13-4-3-7-25(33)19-6-5-12-31-16-19/h5-6,8-12,14-17,25,34H,3-4,7,13,18H2,1-2H3/b28-14-/t25-/m0/s1. The minimum Gasteiger partial charge on any atom is -0.507 e. The maximum absolute atomic E-state index is 13.4. The predicted molar refractivity (Wildman–Crippen MR) is 142 cm³/mol. The van der Waals surface area contributed by atoms with Crippen LogP contribution in [0.5, 0.6) is 17.2 Å². The van der Waals surface area contributed by atoms with Gasteiger partial charge in [-0.2, -0.15) is 0 Å². The van der Waals surface area contributed by atoms with Crippen LogP contribution < -0.4 is 9.47 Å². The first-order valence-electron chi connectivity index (χ1n) is 12.6. The Kier molecular flexibility index (Phi) is 5.93. The molecule has 7 heteroatoms. The van der Waals surface area contributed by atoms with Crippen molar-refractivity contribution in [1.82, 2.24) is 14.5 Å². The average Bonchev–Trinajstić information content (AvgIpc) is 3.42. The first kappa shape index (κ1) is 23.3. The first-order chi connectivity index (χ1) is 18.0. The summed E-state index contributed by atoms with van der Waals surface area (Å²) in [7, 11) is 3.61. The zero-order valence-corrected chi connectivity index (χ0v) is 21.0. The van der Waals surface area contributed by atoms with Crippen molar-refractivity contribution in [2.75, 3.05) is 13.7 Å². The second-order valence-corrected chi connectivity index (χ2v) is 9.73. The third-order valence-corrected chi connectivity index (χ3v) is 7.47. The van der Waals surface area contributed by atoms with E-state index in [1.54, 1.807) is 31.5 Å². The molecule has 2 aliphatic heterocycles. The van der Waals surface area contributed by atoms with Gasteiger partial charge >= 0.3 is 0 Å². The van der Waals surface area contributed by atoms with Crippen molar-refractivity contribution in [3.63, 3.8) is 0 Å². The SMILES string of the molecule is COc1ccc2c(c1)c(/C=C1\Oc3c(ccc(O)c3CN3CCCC[C@H]3c3cccnc3)C1=O)cn2C. The van der Waals surface area contributed by atoms with Crippen molar-refractivity contribution in [3.8, 4) is 17.2 Å². The molecule has 37 heavy (non-hydrogen) atoms. The first-order valence-corrected chi connectivity index (χ1v) is 12.6. The molecule has 4 aromatic rings. The zero-order chi connectivity index (χ0) is 25.5. The van der Waals surface area contributed by atoms with Crippen LogP contribution >= 0.6 is 0 Å². The number of aromatic nitrogens is 2. The Bertz CT molecular complexity index is 1520. The molecule has 1 fully saturated rings. The number of ketones is 1. The van der Waals surface area contributed by atoms with E-state index in [9.17, 15) is 9.90 Å². The number of Topliss-reactive ketones (excluding diaryl/α,β-unsaturated/α-hetero) is 1. The highest BCUT2D eigenvalue weighted by molar-refractivity contribution is 6.15. The number of pyridine rings is 1. The Labute approximate surface area is 215 Å². The topological polar surface area (TPSA) is 76.8 Å². The van der Waals surface area contributed by atoms with Crippen molar-refractivity contribution in [3.05, 3.63) is 89.1 Å². The predicted octanol–water partition coefficient (Wildman–Crippen LogP) is 5.63. The Morgan fingerprint density at radius 3 is 2.92 bits per heavy atom. The molecule has 0 bridgehead atoms. The van der Waals surface area contributed by atoms with Crippen LogP contribution in [0.3, 0.4) is 0 Å². The molecule has 6 rings (SSSR count). The molecule has 0 saturated carbocycles. The number of aromatic hydroxyl groups is 1. The van der Waals surface area contributed by atoms with Crippen molar-refractivity contribution >= 4 is 22.8 Å². The van der Waals surface area contributed by atoms with Gasteiger partial charge < -0.3 is 19.1 Å².